The minimum absolute atomic E-state index is 0.0804. The fourth-order valence-corrected chi connectivity index (χ4v) is 2.82. The number of methoxy groups -OCH3 is 1. The van der Waals surface area contributed by atoms with Crippen LogP contribution in [-0.4, -0.2) is 50.0 Å². The Balaban J connectivity index is 1.83. The van der Waals surface area contributed by atoms with E-state index in [0.717, 1.165) is 18.8 Å². The van der Waals surface area contributed by atoms with Crippen molar-refractivity contribution in [3.8, 4) is 5.75 Å². The molecule has 0 bridgehead atoms. The maximum Gasteiger partial charge on any atom is 0.119 e. The minimum atomic E-state index is 0.0804. The summed E-state index contributed by atoms with van der Waals surface area (Å²) in [5, 5.41) is 11.4. The van der Waals surface area contributed by atoms with Crippen molar-refractivity contribution in [2.75, 3.05) is 40.0 Å². The highest BCUT2D eigenvalue weighted by Crippen LogP contribution is 2.27. The molecular formula is C17H21NO3. The molecule has 0 saturated carbocycles. The molecule has 3 rings (SSSR count). The van der Waals surface area contributed by atoms with Crippen molar-refractivity contribution in [1.29, 1.82) is 0 Å². The van der Waals surface area contributed by atoms with Gasteiger partial charge in [0.15, 0.2) is 0 Å². The first-order valence-corrected chi connectivity index (χ1v) is 7.32. The molecule has 2 aromatic rings. The van der Waals surface area contributed by atoms with Crippen LogP contribution in [0, 0.1) is 0 Å². The van der Waals surface area contributed by atoms with Gasteiger partial charge in [0.25, 0.3) is 0 Å². The van der Waals surface area contributed by atoms with Crippen LogP contribution in [0.1, 0.15) is 11.7 Å². The van der Waals surface area contributed by atoms with E-state index in [4.69, 9.17) is 14.6 Å². The maximum absolute atomic E-state index is 9.07. The highest BCUT2D eigenvalue weighted by Gasteiger charge is 2.21. The highest BCUT2D eigenvalue weighted by molar-refractivity contribution is 5.84. The van der Waals surface area contributed by atoms with Gasteiger partial charge in [-0.25, -0.2) is 0 Å². The summed E-state index contributed by atoms with van der Waals surface area (Å²) in [6.45, 7) is 3.35. The molecule has 0 aromatic heterocycles. The third-order valence-electron chi connectivity index (χ3n) is 4.01. The molecular weight excluding hydrogens is 266 g/mol. The van der Waals surface area contributed by atoms with Crippen molar-refractivity contribution in [1.82, 2.24) is 4.90 Å². The van der Waals surface area contributed by atoms with Crippen molar-refractivity contribution in [2.45, 2.75) is 6.10 Å². The number of aliphatic hydroxyl groups excluding tert-OH is 1. The number of rotatable bonds is 4. The summed E-state index contributed by atoms with van der Waals surface area (Å²) in [5.41, 5.74) is 1.19. The van der Waals surface area contributed by atoms with Crippen LogP contribution < -0.4 is 4.74 Å². The molecule has 1 saturated heterocycles. The first kappa shape index (κ1) is 14.3. The second kappa shape index (κ2) is 6.43. The van der Waals surface area contributed by atoms with Crippen LogP contribution in [0.4, 0.5) is 0 Å². The molecule has 2 aromatic carbocycles. The van der Waals surface area contributed by atoms with E-state index in [1.165, 1.54) is 16.3 Å². The molecule has 1 aliphatic heterocycles. The van der Waals surface area contributed by atoms with Gasteiger partial charge in [-0.15, -0.1) is 0 Å². The zero-order valence-electron chi connectivity index (χ0n) is 12.3. The Morgan fingerprint density at radius 2 is 2.05 bits per heavy atom. The van der Waals surface area contributed by atoms with Gasteiger partial charge >= 0.3 is 0 Å². The van der Waals surface area contributed by atoms with Crippen LogP contribution in [-0.2, 0) is 4.74 Å². The van der Waals surface area contributed by atoms with Gasteiger partial charge < -0.3 is 14.6 Å². The monoisotopic (exact) mass is 287 g/mol. The van der Waals surface area contributed by atoms with Crippen LogP contribution in [0.15, 0.2) is 36.4 Å². The van der Waals surface area contributed by atoms with Gasteiger partial charge in [0.2, 0.25) is 0 Å². The molecule has 1 aliphatic rings. The molecule has 1 heterocycles. The average Bonchev–Trinajstić information content (AvgIpc) is 2.54. The number of morpholine rings is 1. The predicted molar refractivity (Wildman–Crippen MR) is 82.7 cm³/mol. The first-order valence-electron chi connectivity index (χ1n) is 7.32. The number of aliphatic hydroxyl groups is 1. The molecule has 1 atom stereocenters. The average molecular weight is 287 g/mol. The molecule has 1 fully saturated rings. The quantitative estimate of drug-likeness (QED) is 0.936. The normalized spacial score (nSPS) is 19.8. The van der Waals surface area contributed by atoms with E-state index in [2.05, 4.69) is 29.2 Å². The Morgan fingerprint density at radius 1 is 1.24 bits per heavy atom. The van der Waals surface area contributed by atoms with Crippen molar-refractivity contribution >= 4 is 10.8 Å². The molecule has 0 spiro atoms. The van der Waals surface area contributed by atoms with Gasteiger partial charge in [-0.3, -0.25) is 4.90 Å². The van der Waals surface area contributed by atoms with Gasteiger partial charge in [0.05, 0.1) is 26.4 Å². The van der Waals surface area contributed by atoms with E-state index in [9.17, 15) is 0 Å². The number of ether oxygens (including phenoxy) is 2. The van der Waals surface area contributed by atoms with Crippen molar-refractivity contribution in [2.24, 2.45) is 0 Å². The summed E-state index contributed by atoms with van der Waals surface area (Å²) >= 11 is 0. The van der Waals surface area contributed by atoms with E-state index in [1.807, 2.05) is 12.1 Å². The molecule has 1 N–H and O–H groups in total. The van der Waals surface area contributed by atoms with Crippen molar-refractivity contribution in [3.05, 3.63) is 42.0 Å². The fraction of sp³-hybridized carbons (Fsp3) is 0.412. The third-order valence-corrected chi connectivity index (χ3v) is 4.01. The van der Waals surface area contributed by atoms with Gasteiger partial charge in [0.1, 0.15) is 5.75 Å². The SMILES string of the molecule is COc1ccc2cc([C@H]3CN(CCO)CCO3)ccc2c1. The zero-order chi connectivity index (χ0) is 14.7. The Hall–Kier alpha value is -1.62. The van der Waals surface area contributed by atoms with Gasteiger partial charge in [0, 0.05) is 19.6 Å². The molecule has 0 radical (unpaired) electrons. The fourth-order valence-electron chi connectivity index (χ4n) is 2.82. The molecule has 0 aliphatic carbocycles. The third kappa shape index (κ3) is 3.18. The Labute approximate surface area is 124 Å². The lowest BCUT2D eigenvalue weighted by molar-refractivity contribution is -0.0337. The van der Waals surface area contributed by atoms with E-state index >= 15 is 0 Å². The smallest absolute Gasteiger partial charge is 0.119 e. The second-order valence-corrected chi connectivity index (χ2v) is 5.36. The highest BCUT2D eigenvalue weighted by atomic mass is 16.5. The first-order chi connectivity index (χ1) is 10.3. The van der Waals surface area contributed by atoms with E-state index < -0.39 is 0 Å². The van der Waals surface area contributed by atoms with Crippen LogP contribution in [0.5, 0.6) is 5.75 Å². The van der Waals surface area contributed by atoms with Crippen LogP contribution in [0.25, 0.3) is 10.8 Å². The van der Waals surface area contributed by atoms with Gasteiger partial charge in [-0.1, -0.05) is 18.2 Å². The van der Waals surface area contributed by atoms with Crippen LogP contribution >= 0.6 is 0 Å². The van der Waals surface area contributed by atoms with Crippen molar-refractivity contribution in [3.63, 3.8) is 0 Å². The molecule has 4 nitrogen and oxygen atoms in total. The molecule has 0 amide bonds. The molecule has 112 valence electrons. The van der Waals surface area contributed by atoms with E-state index in [1.54, 1.807) is 7.11 Å². The maximum atomic E-state index is 9.07. The largest absolute Gasteiger partial charge is 0.497 e. The van der Waals surface area contributed by atoms with Crippen molar-refractivity contribution < 1.29 is 14.6 Å². The Kier molecular flexibility index (Phi) is 4.39. The summed E-state index contributed by atoms with van der Waals surface area (Å²) in [6.07, 6.45) is 0.0804. The summed E-state index contributed by atoms with van der Waals surface area (Å²) in [4.78, 5) is 2.24. The number of fused-ring (bicyclic) bond motifs is 1. The second-order valence-electron chi connectivity index (χ2n) is 5.36. The summed E-state index contributed by atoms with van der Waals surface area (Å²) < 4.78 is 11.1. The van der Waals surface area contributed by atoms with Crippen LogP contribution in [0.2, 0.25) is 0 Å². The minimum Gasteiger partial charge on any atom is -0.497 e. The number of hydrogen-bond acceptors (Lipinski definition) is 4. The number of benzene rings is 2. The summed E-state index contributed by atoms with van der Waals surface area (Å²) in [7, 11) is 1.68. The molecule has 21 heavy (non-hydrogen) atoms. The zero-order valence-corrected chi connectivity index (χ0v) is 12.3. The molecule has 0 unspecified atom stereocenters. The Bertz CT molecular complexity index is 612. The predicted octanol–water partition coefficient (Wildman–Crippen LogP) is 2.21. The van der Waals surface area contributed by atoms with Gasteiger partial charge in [-0.05, 0) is 34.5 Å². The van der Waals surface area contributed by atoms with E-state index in [-0.39, 0.29) is 12.7 Å². The molecule has 4 heteroatoms. The lowest BCUT2D eigenvalue weighted by atomic mass is 10.0. The number of β-amino-alcohol motifs (C(OH)–C–C–N with tert-alkyl or cyclic N) is 1. The lowest BCUT2D eigenvalue weighted by Gasteiger charge is -2.32. The Morgan fingerprint density at radius 3 is 2.86 bits per heavy atom. The van der Waals surface area contributed by atoms with E-state index in [0.29, 0.717) is 13.2 Å². The summed E-state index contributed by atoms with van der Waals surface area (Å²) in [6, 6.07) is 12.5. The van der Waals surface area contributed by atoms with Gasteiger partial charge in [-0.2, -0.15) is 0 Å². The van der Waals surface area contributed by atoms with Crippen LogP contribution in [0.3, 0.4) is 0 Å². The standard InChI is InChI=1S/C17H21NO3/c1-20-16-5-4-13-10-15(3-2-14(13)11-16)17-12-18(6-8-19)7-9-21-17/h2-5,10-11,17,19H,6-9,12H2,1H3/t17-/m1/s1. The lowest BCUT2D eigenvalue weighted by Crippen LogP contribution is -2.39. The topological polar surface area (TPSA) is 41.9 Å². The number of nitrogens with zero attached hydrogens (tertiary/aromatic N) is 1. The summed E-state index contributed by atoms with van der Waals surface area (Å²) in [5.74, 6) is 0.873. The number of hydrogen-bond donors (Lipinski definition) is 1.